The van der Waals surface area contributed by atoms with Crippen molar-refractivity contribution in [3.63, 3.8) is 0 Å². The highest BCUT2D eigenvalue weighted by Crippen LogP contribution is 2.09. The molecule has 2 rings (SSSR count). The molecule has 0 atom stereocenters. The van der Waals surface area contributed by atoms with Crippen LogP contribution >= 0.6 is 0 Å². The Labute approximate surface area is 102 Å². The van der Waals surface area contributed by atoms with Crippen molar-refractivity contribution in [3.05, 3.63) is 23.8 Å². The molecule has 2 aromatic rings. The smallest absolute Gasteiger partial charge is 0.335 e. The van der Waals surface area contributed by atoms with Gasteiger partial charge in [0.25, 0.3) is 0 Å². The Morgan fingerprint density at radius 1 is 1.12 bits per heavy atom. The number of carboxylic acids is 1. The molecule has 1 heterocycles. The number of aromatic carboxylic acids is 1. The molecule has 0 unspecified atom stereocenters. The van der Waals surface area contributed by atoms with Gasteiger partial charge in [-0.25, -0.2) is 4.79 Å². The summed E-state index contributed by atoms with van der Waals surface area (Å²) < 4.78 is 0. The number of carboxylic acid groups (broad SMARTS) is 1. The van der Waals surface area contributed by atoms with E-state index in [2.05, 4.69) is 9.97 Å². The lowest BCUT2D eigenvalue weighted by molar-refractivity contribution is 0.0697. The molecule has 17 heavy (non-hydrogen) atoms. The van der Waals surface area contributed by atoms with Crippen LogP contribution in [0.5, 0.6) is 0 Å². The normalized spacial score (nSPS) is 9.53. The highest BCUT2D eigenvalue weighted by atomic mass is 16.4. The van der Waals surface area contributed by atoms with Crippen LogP contribution in [0.4, 0.5) is 0 Å². The van der Waals surface area contributed by atoms with Crippen molar-refractivity contribution in [1.82, 2.24) is 9.97 Å². The molecule has 4 radical (unpaired) electrons. The third kappa shape index (κ3) is 2.84. The zero-order chi connectivity index (χ0) is 13.0. The molecule has 0 fully saturated rings. The minimum absolute atomic E-state index is 0.102. The summed E-state index contributed by atoms with van der Waals surface area (Å²) >= 11 is 0. The molecule has 0 saturated heterocycles. The van der Waals surface area contributed by atoms with Gasteiger partial charge in [-0.1, -0.05) is 13.8 Å². The summed E-state index contributed by atoms with van der Waals surface area (Å²) in [4.78, 5) is 18.6. The van der Waals surface area contributed by atoms with Gasteiger partial charge in [-0.15, -0.1) is 0 Å². The van der Waals surface area contributed by atoms with Crippen molar-refractivity contribution in [1.29, 1.82) is 0 Å². The number of fused-ring (bicyclic) bond motifs is 1. The summed E-state index contributed by atoms with van der Waals surface area (Å²) in [5.74, 6) is -1.02. The lowest BCUT2D eigenvalue weighted by Crippen LogP contribution is -2.31. The summed E-state index contributed by atoms with van der Waals surface area (Å²) in [7, 11) is 10.9. The maximum atomic E-state index is 10.7. The van der Waals surface area contributed by atoms with Gasteiger partial charge in [0.05, 0.1) is 16.6 Å². The predicted octanol–water partition coefficient (Wildman–Crippen LogP) is -0.0582. The number of nitrogens with zero attached hydrogens (tertiary/aromatic N) is 2. The maximum absolute atomic E-state index is 10.7. The average Bonchev–Trinajstić information content (AvgIpc) is 2.32. The van der Waals surface area contributed by atoms with Crippen molar-refractivity contribution >= 4 is 43.9 Å². The van der Waals surface area contributed by atoms with Crippen LogP contribution in [0, 0.1) is 0 Å². The standard InChI is InChI=1S/C9H4B2N2O2.C2H6/c10-7-8(11)13-6-3-4(9(14)15)1-2-5(6)12-7;1-2/h1-3H,(H,14,15);1-2H3. The molecule has 0 aliphatic carbocycles. The number of carbonyl (C=O) groups is 1. The molecule has 82 valence electrons. The van der Waals surface area contributed by atoms with E-state index in [1.807, 2.05) is 13.8 Å². The molecule has 1 aromatic carbocycles. The first-order valence-corrected chi connectivity index (χ1v) is 5.14. The number of benzene rings is 1. The van der Waals surface area contributed by atoms with Crippen LogP contribution in [0.2, 0.25) is 0 Å². The van der Waals surface area contributed by atoms with E-state index in [1.54, 1.807) is 6.07 Å². The van der Waals surface area contributed by atoms with Gasteiger partial charge in [0, 0.05) is 0 Å². The van der Waals surface area contributed by atoms with Gasteiger partial charge in [-0.3, -0.25) is 9.97 Å². The zero-order valence-electron chi connectivity index (χ0n) is 9.64. The molecule has 6 heteroatoms. The zero-order valence-corrected chi connectivity index (χ0v) is 9.64. The third-order valence-corrected chi connectivity index (χ3v) is 1.97. The van der Waals surface area contributed by atoms with Crippen molar-refractivity contribution in [2.75, 3.05) is 0 Å². The van der Waals surface area contributed by atoms with Crippen LogP contribution in [0.1, 0.15) is 24.2 Å². The van der Waals surface area contributed by atoms with Crippen LogP contribution in [0.3, 0.4) is 0 Å². The Hall–Kier alpha value is -1.84. The minimum Gasteiger partial charge on any atom is -0.478 e. The second-order valence-corrected chi connectivity index (χ2v) is 3.00. The van der Waals surface area contributed by atoms with E-state index in [-0.39, 0.29) is 16.8 Å². The topological polar surface area (TPSA) is 63.1 Å². The molecule has 0 spiro atoms. The molecule has 0 bridgehead atoms. The van der Waals surface area contributed by atoms with Crippen LogP contribution < -0.4 is 11.2 Å². The summed E-state index contributed by atoms with van der Waals surface area (Å²) in [5, 5.41) is 8.76. The first-order valence-electron chi connectivity index (χ1n) is 5.14. The van der Waals surface area contributed by atoms with Gasteiger partial charge in [-0.2, -0.15) is 0 Å². The molecular formula is C11H10B2N2O2. The molecular weight excluding hydrogens is 214 g/mol. The molecule has 1 N–H and O–H groups in total. The van der Waals surface area contributed by atoms with Crippen molar-refractivity contribution < 1.29 is 9.90 Å². The average molecular weight is 224 g/mol. The molecule has 0 amide bonds. The number of hydrogen-bond donors (Lipinski definition) is 1. The maximum Gasteiger partial charge on any atom is 0.335 e. The van der Waals surface area contributed by atoms with E-state index < -0.39 is 5.97 Å². The molecule has 0 aliphatic heterocycles. The molecule has 0 saturated carbocycles. The molecule has 4 nitrogen and oxygen atoms in total. The second kappa shape index (κ2) is 5.48. The van der Waals surface area contributed by atoms with E-state index in [4.69, 9.17) is 20.8 Å². The van der Waals surface area contributed by atoms with Crippen LogP contribution in [-0.2, 0) is 0 Å². The van der Waals surface area contributed by atoms with E-state index in [9.17, 15) is 4.79 Å². The second-order valence-electron chi connectivity index (χ2n) is 3.00. The number of hydrogen-bond acceptors (Lipinski definition) is 3. The Morgan fingerprint density at radius 2 is 1.65 bits per heavy atom. The molecule has 1 aromatic heterocycles. The quantitative estimate of drug-likeness (QED) is 0.689. The highest BCUT2D eigenvalue weighted by molar-refractivity contribution is 6.46. The fourth-order valence-corrected chi connectivity index (χ4v) is 1.21. The van der Waals surface area contributed by atoms with Crippen LogP contribution in [0.25, 0.3) is 11.0 Å². The monoisotopic (exact) mass is 224 g/mol. The van der Waals surface area contributed by atoms with Crippen LogP contribution in [-0.4, -0.2) is 36.7 Å². The summed E-state index contributed by atoms with van der Waals surface area (Å²) in [6, 6.07) is 4.39. The van der Waals surface area contributed by atoms with E-state index >= 15 is 0 Å². The summed E-state index contributed by atoms with van der Waals surface area (Å²) in [6.07, 6.45) is 0. The van der Waals surface area contributed by atoms with E-state index in [0.29, 0.717) is 11.0 Å². The predicted molar refractivity (Wildman–Crippen MR) is 68.6 cm³/mol. The number of aromatic nitrogens is 2. The van der Waals surface area contributed by atoms with E-state index in [0.717, 1.165) is 0 Å². The van der Waals surface area contributed by atoms with Gasteiger partial charge < -0.3 is 5.11 Å². The van der Waals surface area contributed by atoms with Gasteiger partial charge in [-0.05, 0) is 29.4 Å². The Bertz CT molecular complexity index is 558. The number of rotatable bonds is 1. The Kier molecular flexibility index (Phi) is 4.26. The van der Waals surface area contributed by atoms with Crippen molar-refractivity contribution in [3.8, 4) is 0 Å². The fraction of sp³-hybridized carbons (Fsp3) is 0.182. The van der Waals surface area contributed by atoms with Crippen molar-refractivity contribution in [2.45, 2.75) is 13.8 Å². The fourth-order valence-electron chi connectivity index (χ4n) is 1.21. The van der Waals surface area contributed by atoms with Gasteiger partial charge >= 0.3 is 5.97 Å². The summed E-state index contributed by atoms with van der Waals surface area (Å²) in [6.45, 7) is 4.00. The lowest BCUT2D eigenvalue weighted by atomic mass is 9.90. The molecule has 0 aliphatic rings. The van der Waals surface area contributed by atoms with E-state index in [1.165, 1.54) is 12.1 Å². The SMILES string of the molecule is CC.[B]c1nc2ccc(C(=O)O)cc2nc1[B]. The lowest BCUT2D eigenvalue weighted by Gasteiger charge is -2.03. The minimum atomic E-state index is -1.02. The Balaban J connectivity index is 0.000000686. The van der Waals surface area contributed by atoms with Crippen molar-refractivity contribution in [2.24, 2.45) is 0 Å². The van der Waals surface area contributed by atoms with Crippen LogP contribution in [0.15, 0.2) is 18.2 Å². The first kappa shape index (κ1) is 13.2. The van der Waals surface area contributed by atoms with Gasteiger partial charge in [0.1, 0.15) is 15.7 Å². The van der Waals surface area contributed by atoms with Gasteiger partial charge in [0.2, 0.25) is 0 Å². The third-order valence-electron chi connectivity index (χ3n) is 1.97. The summed E-state index contributed by atoms with van der Waals surface area (Å²) in [5.41, 5.74) is 1.32. The highest BCUT2D eigenvalue weighted by Gasteiger charge is 2.06. The Morgan fingerprint density at radius 3 is 2.18 bits per heavy atom. The van der Waals surface area contributed by atoms with Gasteiger partial charge in [0.15, 0.2) is 0 Å². The first-order chi connectivity index (χ1) is 8.08. The largest absolute Gasteiger partial charge is 0.478 e.